The normalized spacial score (nSPS) is 10.6. The summed E-state index contributed by atoms with van der Waals surface area (Å²) in [7, 11) is 3.14. The van der Waals surface area contributed by atoms with Crippen molar-refractivity contribution in [2.75, 3.05) is 25.3 Å². The maximum atomic E-state index is 12.4. The van der Waals surface area contributed by atoms with Crippen molar-refractivity contribution < 1.29 is 14.3 Å². The van der Waals surface area contributed by atoms with E-state index < -0.39 is 0 Å². The van der Waals surface area contributed by atoms with Crippen LogP contribution in [0.1, 0.15) is 11.1 Å². The number of aromatic nitrogens is 2. The Labute approximate surface area is 168 Å². The summed E-state index contributed by atoms with van der Waals surface area (Å²) in [5.74, 6) is 1.31. The van der Waals surface area contributed by atoms with Crippen molar-refractivity contribution in [3.63, 3.8) is 0 Å². The molecule has 0 spiro atoms. The smallest absolute Gasteiger partial charge is 0.234 e. The lowest BCUT2D eigenvalue weighted by Crippen LogP contribution is -2.14. The zero-order valence-electron chi connectivity index (χ0n) is 16.4. The summed E-state index contributed by atoms with van der Waals surface area (Å²) in [6.45, 7) is 4.13. The van der Waals surface area contributed by atoms with E-state index in [2.05, 4.69) is 42.3 Å². The molecule has 146 valence electrons. The topological polar surface area (TPSA) is 65.4 Å². The van der Waals surface area contributed by atoms with Crippen molar-refractivity contribution in [1.29, 1.82) is 0 Å². The van der Waals surface area contributed by atoms with E-state index in [1.54, 1.807) is 38.6 Å². The molecule has 0 atom stereocenters. The van der Waals surface area contributed by atoms with Crippen LogP contribution >= 0.6 is 11.8 Å². The molecule has 0 aliphatic carbocycles. The number of thioether (sulfide) groups is 1. The van der Waals surface area contributed by atoms with Gasteiger partial charge in [0.1, 0.15) is 0 Å². The van der Waals surface area contributed by atoms with Crippen LogP contribution < -0.4 is 14.8 Å². The molecule has 0 bridgehead atoms. The second kappa shape index (κ2) is 8.84. The van der Waals surface area contributed by atoms with Gasteiger partial charge in [-0.2, -0.15) is 0 Å². The first-order valence-electron chi connectivity index (χ1n) is 8.77. The molecule has 0 aliphatic rings. The third kappa shape index (κ3) is 4.67. The Balaban J connectivity index is 1.67. The number of methoxy groups -OCH3 is 2. The van der Waals surface area contributed by atoms with Crippen LogP contribution in [-0.2, 0) is 4.79 Å². The Hall–Kier alpha value is -2.93. The Morgan fingerprint density at radius 1 is 1.07 bits per heavy atom. The number of aryl methyl sites for hydroxylation is 2. The molecule has 0 saturated heterocycles. The lowest BCUT2D eigenvalue weighted by atomic mass is 10.1. The molecule has 3 rings (SSSR count). The van der Waals surface area contributed by atoms with Crippen LogP contribution in [0.25, 0.3) is 5.69 Å². The minimum absolute atomic E-state index is 0.118. The largest absolute Gasteiger partial charge is 0.493 e. The standard InChI is InChI=1S/C21H23N3O3S/c1-14-9-15(2)11-17(10-14)24-8-7-22-21(24)28-13-20(25)23-16-5-6-18(26-3)19(12-16)27-4/h5-12H,13H2,1-4H3,(H,23,25). The second-order valence-electron chi connectivity index (χ2n) is 6.33. The van der Waals surface area contributed by atoms with Crippen molar-refractivity contribution in [1.82, 2.24) is 9.55 Å². The summed E-state index contributed by atoms with van der Waals surface area (Å²) >= 11 is 1.39. The minimum Gasteiger partial charge on any atom is -0.493 e. The van der Waals surface area contributed by atoms with E-state index in [1.165, 1.54) is 22.9 Å². The van der Waals surface area contributed by atoms with Crippen molar-refractivity contribution in [2.24, 2.45) is 0 Å². The molecule has 1 amide bonds. The summed E-state index contributed by atoms with van der Waals surface area (Å²) < 4.78 is 12.5. The van der Waals surface area contributed by atoms with Crippen molar-refractivity contribution >= 4 is 23.4 Å². The fraction of sp³-hybridized carbons (Fsp3) is 0.238. The summed E-state index contributed by atoms with van der Waals surface area (Å²) in [6.07, 6.45) is 3.65. The van der Waals surface area contributed by atoms with Crippen LogP contribution in [0.4, 0.5) is 5.69 Å². The Bertz CT molecular complexity index is 965. The van der Waals surface area contributed by atoms with Gasteiger partial charge in [-0.3, -0.25) is 9.36 Å². The van der Waals surface area contributed by atoms with Crippen LogP contribution in [0.15, 0.2) is 53.9 Å². The molecule has 0 aliphatic heterocycles. The number of nitrogens with one attached hydrogen (secondary N) is 1. The lowest BCUT2D eigenvalue weighted by Gasteiger charge is -2.11. The fourth-order valence-electron chi connectivity index (χ4n) is 2.92. The van der Waals surface area contributed by atoms with Crippen molar-refractivity contribution in [3.05, 3.63) is 59.9 Å². The third-order valence-corrected chi connectivity index (χ3v) is 5.06. The molecule has 0 fully saturated rings. The van der Waals surface area contributed by atoms with E-state index in [1.807, 2.05) is 10.8 Å². The zero-order valence-corrected chi connectivity index (χ0v) is 17.2. The number of nitrogens with zero attached hydrogens (tertiary/aromatic N) is 2. The number of benzene rings is 2. The van der Waals surface area contributed by atoms with Gasteiger partial charge in [0.25, 0.3) is 0 Å². The highest BCUT2D eigenvalue weighted by atomic mass is 32.2. The molecular formula is C21H23N3O3S. The zero-order chi connectivity index (χ0) is 20.1. The monoisotopic (exact) mass is 397 g/mol. The van der Waals surface area contributed by atoms with Crippen LogP contribution in [-0.4, -0.2) is 35.4 Å². The molecule has 28 heavy (non-hydrogen) atoms. The molecule has 6 nitrogen and oxygen atoms in total. The molecular weight excluding hydrogens is 374 g/mol. The molecule has 1 heterocycles. The van der Waals surface area contributed by atoms with Gasteiger partial charge in [-0.25, -0.2) is 4.98 Å². The van der Waals surface area contributed by atoms with E-state index in [-0.39, 0.29) is 11.7 Å². The van der Waals surface area contributed by atoms with Gasteiger partial charge in [0.05, 0.1) is 20.0 Å². The molecule has 1 N–H and O–H groups in total. The fourth-order valence-corrected chi connectivity index (χ4v) is 3.70. The van der Waals surface area contributed by atoms with Crippen LogP contribution in [0, 0.1) is 13.8 Å². The average molecular weight is 398 g/mol. The van der Waals surface area contributed by atoms with E-state index >= 15 is 0 Å². The number of hydrogen-bond acceptors (Lipinski definition) is 5. The third-order valence-electron chi connectivity index (χ3n) is 4.09. The summed E-state index contributed by atoms with van der Waals surface area (Å²) in [4.78, 5) is 16.8. The van der Waals surface area contributed by atoms with E-state index in [4.69, 9.17) is 9.47 Å². The summed E-state index contributed by atoms with van der Waals surface area (Å²) in [6, 6.07) is 11.6. The molecule has 3 aromatic rings. The van der Waals surface area contributed by atoms with Gasteiger partial charge in [0, 0.05) is 29.8 Å². The van der Waals surface area contributed by atoms with E-state index in [0.29, 0.717) is 17.2 Å². The maximum Gasteiger partial charge on any atom is 0.234 e. The molecule has 0 radical (unpaired) electrons. The van der Waals surface area contributed by atoms with Crippen LogP contribution in [0.5, 0.6) is 11.5 Å². The summed E-state index contributed by atoms with van der Waals surface area (Å²) in [5, 5.41) is 3.65. The molecule has 1 aromatic heterocycles. The number of carbonyl (C=O) groups is 1. The molecule has 0 saturated carbocycles. The van der Waals surface area contributed by atoms with E-state index in [9.17, 15) is 4.79 Å². The van der Waals surface area contributed by atoms with Gasteiger partial charge in [0.15, 0.2) is 16.7 Å². The highest BCUT2D eigenvalue weighted by molar-refractivity contribution is 7.99. The Morgan fingerprint density at radius 3 is 2.46 bits per heavy atom. The quantitative estimate of drug-likeness (QED) is 0.604. The predicted molar refractivity (Wildman–Crippen MR) is 112 cm³/mol. The maximum absolute atomic E-state index is 12.4. The van der Waals surface area contributed by atoms with Gasteiger partial charge in [-0.1, -0.05) is 17.8 Å². The Morgan fingerprint density at radius 2 is 1.79 bits per heavy atom. The van der Waals surface area contributed by atoms with Gasteiger partial charge >= 0.3 is 0 Å². The molecule has 2 aromatic carbocycles. The second-order valence-corrected chi connectivity index (χ2v) is 7.27. The lowest BCUT2D eigenvalue weighted by molar-refractivity contribution is -0.113. The van der Waals surface area contributed by atoms with Crippen LogP contribution in [0.3, 0.4) is 0 Å². The van der Waals surface area contributed by atoms with Crippen molar-refractivity contribution in [2.45, 2.75) is 19.0 Å². The SMILES string of the molecule is COc1ccc(NC(=O)CSc2nccn2-c2cc(C)cc(C)c2)cc1OC. The first-order valence-corrected chi connectivity index (χ1v) is 9.75. The van der Waals surface area contributed by atoms with Gasteiger partial charge in [0.2, 0.25) is 5.91 Å². The van der Waals surface area contributed by atoms with Gasteiger partial charge in [-0.05, 0) is 49.2 Å². The first kappa shape index (κ1) is 19.8. The highest BCUT2D eigenvalue weighted by Gasteiger charge is 2.11. The Kier molecular flexibility index (Phi) is 6.26. The van der Waals surface area contributed by atoms with Gasteiger partial charge < -0.3 is 14.8 Å². The number of rotatable bonds is 7. The number of imidazole rings is 1. The molecule has 0 unspecified atom stereocenters. The molecule has 7 heteroatoms. The van der Waals surface area contributed by atoms with Crippen molar-refractivity contribution in [3.8, 4) is 17.2 Å². The number of hydrogen-bond donors (Lipinski definition) is 1. The minimum atomic E-state index is -0.118. The highest BCUT2D eigenvalue weighted by Crippen LogP contribution is 2.30. The number of carbonyl (C=O) groups excluding carboxylic acids is 1. The van der Waals surface area contributed by atoms with Crippen LogP contribution in [0.2, 0.25) is 0 Å². The number of ether oxygens (including phenoxy) is 2. The van der Waals surface area contributed by atoms with Gasteiger partial charge in [-0.15, -0.1) is 0 Å². The predicted octanol–water partition coefficient (Wildman–Crippen LogP) is 4.24. The summed E-state index contributed by atoms with van der Waals surface area (Å²) in [5.41, 5.74) is 4.07. The van der Waals surface area contributed by atoms with E-state index in [0.717, 1.165) is 10.8 Å². The first-order chi connectivity index (χ1) is 13.5. The number of amides is 1. The number of anilines is 1. The average Bonchev–Trinajstić information content (AvgIpc) is 3.14.